The van der Waals surface area contributed by atoms with Crippen molar-refractivity contribution in [3.8, 4) is 0 Å². The Balaban J connectivity index is 2.81. The highest BCUT2D eigenvalue weighted by molar-refractivity contribution is 5.85. The van der Waals surface area contributed by atoms with Gasteiger partial charge in [0.1, 0.15) is 5.54 Å². The van der Waals surface area contributed by atoms with Gasteiger partial charge in [0, 0.05) is 12.6 Å². The Hall–Kier alpha value is -0.610. The summed E-state index contributed by atoms with van der Waals surface area (Å²) in [7, 11) is 1.95. The van der Waals surface area contributed by atoms with Gasteiger partial charge in [0.2, 0.25) is 5.91 Å². The molecule has 4 nitrogen and oxygen atoms in total. The molecule has 64 valence electrons. The number of primary amides is 1. The standard InChI is InChI=1S/C7H15N3O/c1-5-7(9,6(8)11)3-4-10(5)2/h5H,3-4,9H2,1-2H3,(H2,8,11). The third kappa shape index (κ3) is 1.12. The number of carbonyl (C=O) groups is 1. The number of amides is 1. The Morgan fingerprint density at radius 3 is 2.45 bits per heavy atom. The fraction of sp³-hybridized carbons (Fsp3) is 0.857. The minimum absolute atomic E-state index is 0.0556. The maximum Gasteiger partial charge on any atom is 0.239 e. The lowest BCUT2D eigenvalue weighted by molar-refractivity contribution is -0.123. The Labute approximate surface area is 66.5 Å². The molecule has 1 aliphatic rings. The van der Waals surface area contributed by atoms with E-state index in [2.05, 4.69) is 0 Å². The molecule has 0 bridgehead atoms. The number of rotatable bonds is 1. The molecule has 0 spiro atoms. The van der Waals surface area contributed by atoms with Crippen LogP contribution in [0.15, 0.2) is 0 Å². The molecule has 0 aromatic heterocycles. The van der Waals surface area contributed by atoms with E-state index in [9.17, 15) is 4.79 Å². The summed E-state index contributed by atoms with van der Waals surface area (Å²) in [4.78, 5) is 13.0. The van der Waals surface area contributed by atoms with Crippen LogP contribution in [-0.4, -0.2) is 36.0 Å². The van der Waals surface area contributed by atoms with Crippen LogP contribution >= 0.6 is 0 Å². The van der Waals surface area contributed by atoms with Gasteiger partial charge in [-0.15, -0.1) is 0 Å². The van der Waals surface area contributed by atoms with Crippen molar-refractivity contribution in [3.05, 3.63) is 0 Å². The molecule has 0 aliphatic carbocycles. The van der Waals surface area contributed by atoms with Gasteiger partial charge in [-0.25, -0.2) is 0 Å². The molecule has 4 heteroatoms. The first-order valence-corrected chi connectivity index (χ1v) is 3.77. The maximum atomic E-state index is 10.9. The Bertz CT molecular complexity index is 183. The molecule has 0 saturated carbocycles. The van der Waals surface area contributed by atoms with Gasteiger partial charge in [-0.2, -0.15) is 0 Å². The van der Waals surface area contributed by atoms with E-state index in [0.29, 0.717) is 6.42 Å². The van der Waals surface area contributed by atoms with Crippen molar-refractivity contribution in [3.63, 3.8) is 0 Å². The molecule has 1 rings (SSSR count). The number of likely N-dealkylation sites (tertiary alicyclic amines) is 1. The predicted molar refractivity (Wildman–Crippen MR) is 42.8 cm³/mol. The molecule has 0 aromatic rings. The molecular weight excluding hydrogens is 142 g/mol. The maximum absolute atomic E-state index is 10.9. The fourth-order valence-corrected chi connectivity index (χ4v) is 1.49. The van der Waals surface area contributed by atoms with Crippen LogP contribution in [0, 0.1) is 0 Å². The first kappa shape index (κ1) is 8.49. The van der Waals surface area contributed by atoms with Gasteiger partial charge in [0.25, 0.3) is 0 Å². The van der Waals surface area contributed by atoms with E-state index in [-0.39, 0.29) is 6.04 Å². The summed E-state index contributed by atoms with van der Waals surface area (Å²) in [5.41, 5.74) is 10.2. The van der Waals surface area contributed by atoms with Gasteiger partial charge in [-0.05, 0) is 20.4 Å². The molecule has 4 N–H and O–H groups in total. The lowest BCUT2D eigenvalue weighted by Gasteiger charge is -2.27. The van der Waals surface area contributed by atoms with Crippen LogP contribution < -0.4 is 11.5 Å². The van der Waals surface area contributed by atoms with Crippen molar-refractivity contribution >= 4 is 5.91 Å². The van der Waals surface area contributed by atoms with Gasteiger partial charge in [0.05, 0.1) is 0 Å². The largest absolute Gasteiger partial charge is 0.368 e. The Kier molecular flexibility index (Phi) is 1.90. The van der Waals surface area contributed by atoms with Crippen molar-refractivity contribution in [2.45, 2.75) is 24.9 Å². The van der Waals surface area contributed by atoms with E-state index in [4.69, 9.17) is 11.5 Å². The third-order valence-electron chi connectivity index (χ3n) is 2.74. The van der Waals surface area contributed by atoms with E-state index in [1.807, 2.05) is 18.9 Å². The summed E-state index contributed by atoms with van der Waals surface area (Å²) in [5, 5.41) is 0. The van der Waals surface area contributed by atoms with Crippen molar-refractivity contribution in [1.82, 2.24) is 4.90 Å². The predicted octanol–water partition coefficient (Wildman–Crippen LogP) is -1.11. The number of nitrogens with zero attached hydrogens (tertiary/aromatic N) is 1. The van der Waals surface area contributed by atoms with E-state index in [1.54, 1.807) is 0 Å². The Morgan fingerprint density at radius 2 is 2.27 bits per heavy atom. The van der Waals surface area contributed by atoms with Crippen LogP contribution in [0.25, 0.3) is 0 Å². The molecule has 2 unspecified atom stereocenters. The molecule has 0 radical (unpaired) electrons. The molecule has 2 atom stereocenters. The molecule has 1 heterocycles. The lowest BCUT2D eigenvalue weighted by atomic mass is 9.92. The van der Waals surface area contributed by atoms with Crippen molar-refractivity contribution in [2.75, 3.05) is 13.6 Å². The first-order chi connectivity index (χ1) is 4.98. The number of hydrogen-bond donors (Lipinski definition) is 2. The second-order valence-corrected chi connectivity index (χ2v) is 3.31. The van der Waals surface area contributed by atoms with E-state index in [1.165, 1.54) is 0 Å². The van der Waals surface area contributed by atoms with Crippen molar-refractivity contribution in [1.29, 1.82) is 0 Å². The third-order valence-corrected chi connectivity index (χ3v) is 2.74. The van der Waals surface area contributed by atoms with E-state index < -0.39 is 11.4 Å². The van der Waals surface area contributed by atoms with Crippen LogP contribution in [0.5, 0.6) is 0 Å². The highest BCUT2D eigenvalue weighted by atomic mass is 16.1. The van der Waals surface area contributed by atoms with E-state index >= 15 is 0 Å². The van der Waals surface area contributed by atoms with Gasteiger partial charge in [-0.1, -0.05) is 0 Å². The van der Waals surface area contributed by atoms with Crippen molar-refractivity contribution < 1.29 is 4.79 Å². The average molecular weight is 157 g/mol. The zero-order valence-electron chi connectivity index (χ0n) is 7.00. The minimum atomic E-state index is -0.811. The molecule has 0 aromatic carbocycles. The van der Waals surface area contributed by atoms with Gasteiger partial charge < -0.3 is 16.4 Å². The number of nitrogens with two attached hydrogens (primary N) is 2. The first-order valence-electron chi connectivity index (χ1n) is 3.77. The smallest absolute Gasteiger partial charge is 0.239 e. The highest BCUT2D eigenvalue weighted by Crippen LogP contribution is 2.23. The number of hydrogen-bond acceptors (Lipinski definition) is 3. The number of likely N-dealkylation sites (N-methyl/N-ethyl adjacent to an activating group) is 1. The Morgan fingerprint density at radius 1 is 1.73 bits per heavy atom. The molecule has 11 heavy (non-hydrogen) atoms. The fourth-order valence-electron chi connectivity index (χ4n) is 1.49. The highest BCUT2D eigenvalue weighted by Gasteiger charge is 2.44. The van der Waals surface area contributed by atoms with Crippen molar-refractivity contribution in [2.24, 2.45) is 11.5 Å². The summed E-state index contributed by atoms with van der Waals surface area (Å²) in [6, 6.07) is 0.0556. The van der Waals surface area contributed by atoms with E-state index in [0.717, 1.165) is 6.54 Å². The second-order valence-electron chi connectivity index (χ2n) is 3.31. The van der Waals surface area contributed by atoms with Gasteiger partial charge in [0.15, 0.2) is 0 Å². The van der Waals surface area contributed by atoms with Crippen LogP contribution in [0.3, 0.4) is 0 Å². The summed E-state index contributed by atoms with van der Waals surface area (Å²) in [6.07, 6.45) is 0.667. The zero-order valence-corrected chi connectivity index (χ0v) is 7.00. The molecule has 1 saturated heterocycles. The molecular formula is C7H15N3O. The summed E-state index contributed by atoms with van der Waals surface area (Å²) < 4.78 is 0. The average Bonchev–Trinajstić information content (AvgIpc) is 2.18. The summed E-state index contributed by atoms with van der Waals surface area (Å²) >= 11 is 0. The minimum Gasteiger partial charge on any atom is -0.368 e. The molecule has 1 aliphatic heterocycles. The summed E-state index contributed by atoms with van der Waals surface area (Å²) in [5.74, 6) is -0.394. The second kappa shape index (κ2) is 2.46. The van der Waals surface area contributed by atoms with Gasteiger partial charge >= 0.3 is 0 Å². The van der Waals surface area contributed by atoms with Gasteiger partial charge in [-0.3, -0.25) is 4.79 Å². The zero-order chi connectivity index (χ0) is 8.65. The van der Waals surface area contributed by atoms with Crippen LogP contribution in [0.2, 0.25) is 0 Å². The topological polar surface area (TPSA) is 72.3 Å². The quantitative estimate of drug-likeness (QED) is 0.507. The lowest BCUT2D eigenvalue weighted by Crippen LogP contribution is -2.58. The number of carbonyl (C=O) groups excluding carboxylic acids is 1. The summed E-state index contributed by atoms with van der Waals surface area (Å²) in [6.45, 7) is 2.78. The SMILES string of the molecule is CC1N(C)CCC1(N)C(N)=O. The normalized spacial score (nSPS) is 39.4. The molecule has 1 fully saturated rings. The molecule has 1 amide bonds. The van der Waals surface area contributed by atoms with Crippen LogP contribution in [0.1, 0.15) is 13.3 Å². The van der Waals surface area contributed by atoms with Crippen LogP contribution in [-0.2, 0) is 4.79 Å². The van der Waals surface area contributed by atoms with Crippen LogP contribution in [0.4, 0.5) is 0 Å². The monoisotopic (exact) mass is 157 g/mol.